The van der Waals surface area contributed by atoms with Gasteiger partial charge in [0.05, 0.1) is 18.9 Å². The molecule has 4 heteroatoms. The summed E-state index contributed by atoms with van der Waals surface area (Å²) in [4.78, 5) is 5.77. The van der Waals surface area contributed by atoms with E-state index < -0.39 is 0 Å². The van der Waals surface area contributed by atoms with Crippen LogP contribution >= 0.6 is 0 Å². The van der Waals surface area contributed by atoms with Crippen LogP contribution in [0.2, 0.25) is 0 Å². The molecule has 0 bridgehead atoms. The predicted molar refractivity (Wildman–Crippen MR) is 78.9 cm³/mol. The van der Waals surface area contributed by atoms with E-state index in [0.29, 0.717) is 6.04 Å². The molecule has 1 aliphatic rings. The van der Waals surface area contributed by atoms with Crippen LogP contribution in [0.25, 0.3) is 10.9 Å². The normalized spacial score (nSPS) is 19.8. The molecule has 1 unspecified atom stereocenters. The van der Waals surface area contributed by atoms with Gasteiger partial charge < -0.3 is 19.9 Å². The molecule has 0 amide bonds. The molecule has 0 aliphatic carbocycles. The zero-order valence-corrected chi connectivity index (χ0v) is 11.6. The van der Waals surface area contributed by atoms with Crippen molar-refractivity contribution in [2.24, 2.45) is 0 Å². The molecule has 102 valence electrons. The van der Waals surface area contributed by atoms with Gasteiger partial charge in [-0.25, -0.2) is 0 Å². The Hall–Kier alpha value is -1.52. The van der Waals surface area contributed by atoms with Gasteiger partial charge >= 0.3 is 0 Å². The van der Waals surface area contributed by atoms with Crippen LogP contribution in [0.15, 0.2) is 24.3 Å². The Morgan fingerprint density at radius 2 is 2.21 bits per heavy atom. The van der Waals surface area contributed by atoms with Gasteiger partial charge in [-0.15, -0.1) is 0 Å². The number of nitrogens with zero attached hydrogens (tertiary/aromatic N) is 1. The lowest BCUT2D eigenvalue weighted by molar-refractivity contribution is 0.0791. The smallest absolute Gasteiger partial charge is 0.0652 e. The van der Waals surface area contributed by atoms with Crippen molar-refractivity contribution in [2.45, 2.75) is 13.0 Å². The van der Waals surface area contributed by atoms with Crippen LogP contribution in [0.1, 0.15) is 5.69 Å². The van der Waals surface area contributed by atoms with Gasteiger partial charge in [-0.2, -0.15) is 0 Å². The number of rotatable bonds is 3. The van der Waals surface area contributed by atoms with Gasteiger partial charge in [0.15, 0.2) is 0 Å². The molecule has 1 saturated heterocycles. The van der Waals surface area contributed by atoms with Gasteiger partial charge in [0.2, 0.25) is 0 Å². The Bertz CT molecular complexity index is 558. The molecule has 0 radical (unpaired) electrons. The summed E-state index contributed by atoms with van der Waals surface area (Å²) < 4.78 is 5.52. The largest absolute Gasteiger partial charge is 0.378 e. The molecule has 3 rings (SSSR count). The fraction of sp³-hybridized carbons (Fsp3) is 0.467. The van der Waals surface area contributed by atoms with Crippen molar-refractivity contribution < 1.29 is 4.74 Å². The molecule has 1 aromatic carbocycles. The summed E-state index contributed by atoms with van der Waals surface area (Å²) in [7, 11) is 2.15. The Labute approximate surface area is 113 Å². The van der Waals surface area contributed by atoms with E-state index in [1.54, 1.807) is 0 Å². The van der Waals surface area contributed by atoms with Crippen molar-refractivity contribution >= 4 is 16.6 Å². The number of aromatic nitrogens is 1. The van der Waals surface area contributed by atoms with Crippen LogP contribution in [0.5, 0.6) is 0 Å². The second-order valence-corrected chi connectivity index (χ2v) is 5.25. The van der Waals surface area contributed by atoms with Gasteiger partial charge in [-0.3, -0.25) is 0 Å². The van der Waals surface area contributed by atoms with E-state index in [1.807, 2.05) is 0 Å². The SMILES string of the molecule is Cc1[nH]c2ccccc2c1N(C)CC1COCCN1. The zero-order chi connectivity index (χ0) is 13.2. The number of likely N-dealkylation sites (N-methyl/N-ethyl adjacent to an activating group) is 1. The monoisotopic (exact) mass is 259 g/mol. The lowest BCUT2D eigenvalue weighted by Gasteiger charge is -2.29. The van der Waals surface area contributed by atoms with Crippen molar-refractivity contribution in [2.75, 3.05) is 38.3 Å². The maximum Gasteiger partial charge on any atom is 0.0652 e. The third-order valence-corrected chi connectivity index (χ3v) is 3.73. The van der Waals surface area contributed by atoms with Crippen LogP contribution in [-0.2, 0) is 4.74 Å². The number of morpholine rings is 1. The number of anilines is 1. The number of H-pyrrole nitrogens is 1. The molecule has 19 heavy (non-hydrogen) atoms. The maximum absolute atomic E-state index is 5.52. The van der Waals surface area contributed by atoms with Crippen LogP contribution in [0, 0.1) is 6.92 Å². The number of ether oxygens (including phenoxy) is 1. The number of aromatic amines is 1. The Kier molecular flexibility index (Phi) is 3.44. The first-order valence-electron chi connectivity index (χ1n) is 6.85. The predicted octanol–water partition coefficient (Wildman–Crippen LogP) is 1.90. The van der Waals surface area contributed by atoms with Crippen LogP contribution in [-0.4, -0.2) is 44.4 Å². The summed E-state index contributed by atoms with van der Waals surface area (Å²) in [6.07, 6.45) is 0. The fourth-order valence-corrected chi connectivity index (χ4v) is 2.91. The fourth-order valence-electron chi connectivity index (χ4n) is 2.91. The van der Waals surface area contributed by atoms with Crippen LogP contribution in [0.3, 0.4) is 0 Å². The minimum atomic E-state index is 0.409. The average Bonchev–Trinajstić information content (AvgIpc) is 2.75. The molecule has 1 aliphatic heterocycles. The molecule has 0 saturated carbocycles. The molecular weight excluding hydrogens is 238 g/mol. The third-order valence-electron chi connectivity index (χ3n) is 3.73. The summed E-state index contributed by atoms with van der Waals surface area (Å²) >= 11 is 0. The zero-order valence-electron chi connectivity index (χ0n) is 11.6. The summed E-state index contributed by atoms with van der Waals surface area (Å²) in [5, 5.41) is 4.79. The summed E-state index contributed by atoms with van der Waals surface area (Å²) in [5.41, 5.74) is 3.72. The quantitative estimate of drug-likeness (QED) is 0.884. The first-order chi connectivity index (χ1) is 9.25. The lowest BCUT2D eigenvalue weighted by atomic mass is 10.2. The molecule has 2 heterocycles. The van der Waals surface area contributed by atoms with Crippen molar-refractivity contribution in [3.8, 4) is 0 Å². The molecule has 0 spiro atoms. The number of hydrogen-bond acceptors (Lipinski definition) is 3. The third kappa shape index (κ3) is 2.46. The van der Waals surface area contributed by atoms with Gasteiger partial charge in [-0.05, 0) is 13.0 Å². The highest BCUT2D eigenvalue weighted by Gasteiger charge is 2.18. The summed E-state index contributed by atoms with van der Waals surface area (Å²) in [6.45, 7) is 5.67. The minimum absolute atomic E-state index is 0.409. The summed E-state index contributed by atoms with van der Waals surface area (Å²) in [5.74, 6) is 0. The molecule has 2 aromatic rings. The highest BCUT2D eigenvalue weighted by molar-refractivity contribution is 5.94. The Morgan fingerprint density at radius 1 is 1.37 bits per heavy atom. The molecular formula is C15H21N3O. The first-order valence-corrected chi connectivity index (χ1v) is 6.85. The van der Waals surface area contributed by atoms with E-state index in [4.69, 9.17) is 4.74 Å². The lowest BCUT2D eigenvalue weighted by Crippen LogP contribution is -2.47. The molecule has 1 fully saturated rings. The summed E-state index contributed by atoms with van der Waals surface area (Å²) in [6, 6.07) is 8.87. The number of fused-ring (bicyclic) bond motifs is 1. The van der Waals surface area contributed by atoms with Crippen molar-refractivity contribution in [1.82, 2.24) is 10.3 Å². The Morgan fingerprint density at radius 3 is 3.00 bits per heavy atom. The number of aryl methyl sites for hydroxylation is 1. The first kappa shape index (κ1) is 12.5. The minimum Gasteiger partial charge on any atom is -0.378 e. The second kappa shape index (κ2) is 5.23. The average molecular weight is 259 g/mol. The van der Waals surface area contributed by atoms with E-state index in [-0.39, 0.29) is 0 Å². The van der Waals surface area contributed by atoms with Crippen molar-refractivity contribution in [3.05, 3.63) is 30.0 Å². The molecule has 1 atom stereocenters. The molecule has 1 aromatic heterocycles. The number of nitrogens with one attached hydrogen (secondary N) is 2. The van der Waals surface area contributed by atoms with Crippen LogP contribution < -0.4 is 10.2 Å². The number of benzene rings is 1. The van der Waals surface area contributed by atoms with Crippen LogP contribution in [0.4, 0.5) is 5.69 Å². The standard InChI is InChI=1S/C15H21N3O/c1-11-15(13-5-3-4-6-14(13)17-11)18(2)9-12-10-19-8-7-16-12/h3-6,12,16-17H,7-10H2,1-2H3. The molecule has 2 N–H and O–H groups in total. The second-order valence-electron chi connectivity index (χ2n) is 5.25. The van der Waals surface area contributed by atoms with Crippen molar-refractivity contribution in [3.63, 3.8) is 0 Å². The van der Waals surface area contributed by atoms with E-state index in [0.717, 1.165) is 26.3 Å². The van der Waals surface area contributed by atoms with E-state index in [2.05, 4.69) is 53.4 Å². The Balaban J connectivity index is 1.84. The van der Waals surface area contributed by atoms with E-state index in [9.17, 15) is 0 Å². The van der Waals surface area contributed by atoms with Crippen molar-refractivity contribution in [1.29, 1.82) is 0 Å². The number of para-hydroxylation sites is 1. The van der Waals surface area contributed by atoms with E-state index >= 15 is 0 Å². The van der Waals surface area contributed by atoms with Gasteiger partial charge in [0.25, 0.3) is 0 Å². The van der Waals surface area contributed by atoms with E-state index in [1.165, 1.54) is 22.3 Å². The number of hydrogen-bond donors (Lipinski definition) is 2. The van der Waals surface area contributed by atoms with Gasteiger partial charge in [0.1, 0.15) is 0 Å². The highest BCUT2D eigenvalue weighted by Crippen LogP contribution is 2.29. The molecule has 4 nitrogen and oxygen atoms in total. The highest BCUT2D eigenvalue weighted by atomic mass is 16.5. The topological polar surface area (TPSA) is 40.3 Å². The maximum atomic E-state index is 5.52. The van der Waals surface area contributed by atoms with Gasteiger partial charge in [-0.1, -0.05) is 18.2 Å². The van der Waals surface area contributed by atoms with Gasteiger partial charge in [0, 0.05) is 42.8 Å².